The predicted octanol–water partition coefficient (Wildman–Crippen LogP) is 3.08. The lowest BCUT2D eigenvalue weighted by molar-refractivity contribution is -0.0494. The molecule has 1 aliphatic carbocycles. The molecule has 0 radical (unpaired) electrons. The lowest BCUT2D eigenvalue weighted by Crippen LogP contribution is -2.64. The number of halogens is 1. The van der Waals surface area contributed by atoms with E-state index in [2.05, 4.69) is 9.97 Å². The number of anilines is 1. The quantitative estimate of drug-likeness (QED) is 0.581. The largest absolute Gasteiger partial charge is 0.495 e. The van der Waals surface area contributed by atoms with Crippen molar-refractivity contribution in [2.75, 3.05) is 25.1 Å². The van der Waals surface area contributed by atoms with Gasteiger partial charge in [0.15, 0.2) is 9.84 Å². The van der Waals surface area contributed by atoms with Crippen LogP contribution in [0.1, 0.15) is 33.6 Å². The van der Waals surface area contributed by atoms with Crippen LogP contribution in [0.4, 0.5) is 10.2 Å². The monoisotopic (exact) mass is 474 g/mol. The summed E-state index contributed by atoms with van der Waals surface area (Å²) in [5.74, 6) is 0.107. The van der Waals surface area contributed by atoms with Gasteiger partial charge in [0, 0.05) is 42.4 Å². The Morgan fingerprint density at radius 3 is 2.52 bits per heavy atom. The molecule has 2 fully saturated rings. The summed E-state index contributed by atoms with van der Waals surface area (Å²) in [5, 5.41) is 9.63. The first-order valence-corrected chi connectivity index (χ1v) is 12.3. The Morgan fingerprint density at radius 2 is 1.91 bits per heavy atom. The minimum absolute atomic E-state index is 0.0484. The topological polar surface area (TPSA) is 97.0 Å². The lowest BCUT2D eigenvalue weighted by Gasteiger charge is -2.58. The maximum atomic E-state index is 14.5. The zero-order valence-electron chi connectivity index (χ0n) is 19.0. The van der Waals surface area contributed by atoms with Gasteiger partial charge in [0.25, 0.3) is 0 Å². The fraction of sp³-hybridized carbons (Fsp3) is 0.478. The van der Waals surface area contributed by atoms with Gasteiger partial charge in [-0.1, -0.05) is 0 Å². The fourth-order valence-electron chi connectivity index (χ4n) is 4.81. The lowest BCUT2D eigenvalue weighted by atomic mass is 9.62. The van der Waals surface area contributed by atoms with E-state index < -0.39 is 20.5 Å². The molecular weight excluding hydrogens is 447 g/mol. The van der Waals surface area contributed by atoms with Crippen LogP contribution in [-0.4, -0.2) is 58.9 Å². The number of nitrogens with zero attached hydrogens (tertiary/aromatic N) is 4. The second-order valence-corrected chi connectivity index (χ2v) is 12.8. The summed E-state index contributed by atoms with van der Waals surface area (Å²) in [6, 6.07) is 4.68. The van der Waals surface area contributed by atoms with Crippen LogP contribution in [0.5, 0.6) is 5.75 Å². The third-order valence-electron chi connectivity index (χ3n) is 6.68. The zero-order chi connectivity index (χ0) is 23.8. The number of aliphatic hydroxyl groups excluding tert-OH is 1. The molecule has 1 saturated carbocycles. The number of hydrogen-bond donors (Lipinski definition) is 1. The summed E-state index contributed by atoms with van der Waals surface area (Å²) in [5.41, 5.74) is 1.70. The molecular formula is C23H27FN4O4S. The van der Waals surface area contributed by atoms with Crippen molar-refractivity contribution in [3.05, 3.63) is 36.5 Å². The molecule has 0 atom stereocenters. The Morgan fingerprint density at radius 1 is 1.21 bits per heavy atom. The molecule has 1 N–H and O–H groups in total. The Hall–Kier alpha value is -2.72. The van der Waals surface area contributed by atoms with Crippen LogP contribution in [0.2, 0.25) is 0 Å². The number of ether oxygens (including phenoxy) is 1. The van der Waals surface area contributed by atoms with Gasteiger partial charge in [0.05, 0.1) is 29.9 Å². The molecule has 0 bridgehead atoms. The van der Waals surface area contributed by atoms with Gasteiger partial charge in [-0.3, -0.25) is 4.40 Å². The highest BCUT2D eigenvalue weighted by molar-refractivity contribution is 7.92. The number of fused-ring (bicyclic) bond motifs is 1. The van der Waals surface area contributed by atoms with Crippen LogP contribution in [0.15, 0.2) is 35.5 Å². The summed E-state index contributed by atoms with van der Waals surface area (Å²) >= 11 is 0. The van der Waals surface area contributed by atoms with Crippen LogP contribution in [0, 0.1) is 11.4 Å². The number of imidazole rings is 1. The van der Waals surface area contributed by atoms with Crippen LogP contribution in [0.25, 0.3) is 16.9 Å². The van der Waals surface area contributed by atoms with Crippen molar-refractivity contribution in [1.82, 2.24) is 14.4 Å². The second-order valence-electron chi connectivity index (χ2n) is 10.1. The standard InChI is InChI=1S/C23H27FN4O4S/c1-22(2,3)33(30,31)18-11-28-16(10-25-20(28)7-17(18)32-4)14-5-19(24)26-21(6-14)27-12-23(13-27)8-15(29)9-23/h5-7,10-11,15,29H,8-9,12-13H2,1-4H3. The maximum Gasteiger partial charge on any atom is 0.215 e. The highest BCUT2D eigenvalue weighted by Gasteiger charge is 2.52. The molecule has 1 aliphatic heterocycles. The van der Waals surface area contributed by atoms with Crippen LogP contribution in [-0.2, 0) is 9.84 Å². The molecule has 8 nitrogen and oxygen atoms in total. The molecule has 2 aliphatic rings. The number of sulfone groups is 1. The average Bonchev–Trinajstić information content (AvgIpc) is 3.10. The van der Waals surface area contributed by atoms with E-state index >= 15 is 0 Å². The fourth-order valence-corrected chi connectivity index (χ4v) is 6.12. The average molecular weight is 475 g/mol. The van der Waals surface area contributed by atoms with Gasteiger partial charge in [-0.15, -0.1) is 0 Å². The summed E-state index contributed by atoms with van der Waals surface area (Å²) in [4.78, 5) is 10.5. The molecule has 4 heterocycles. The minimum atomic E-state index is -3.71. The van der Waals surface area contributed by atoms with E-state index in [0.717, 1.165) is 25.9 Å². The van der Waals surface area contributed by atoms with Crippen molar-refractivity contribution in [1.29, 1.82) is 0 Å². The van der Waals surface area contributed by atoms with Crippen molar-refractivity contribution in [2.24, 2.45) is 5.41 Å². The maximum absolute atomic E-state index is 14.5. The number of pyridine rings is 2. The van der Waals surface area contributed by atoms with E-state index in [9.17, 15) is 17.9 Å². The van der Waals surface area contributed by atoms with Crippen molar-refractivity contribution >= 4 is 21.3 Å². The Bertz CT molecular complexity index is 1350. The van der Waals surface area contributed by atoms with Crippen LogP contribution >= 0.6 is 0 Å². The summed E-state index contributed by atoms with van der Waals surface area (Å²) in [6.07, 6.45) is 4.37. The normalized spacial score (nSPS) is 18.4. The van der Waals surface area contributed by atoms with E-state index in [1.807, 2.05) is 4.90 Å². The van der Waals surface area contributed by atoms with Gasteiger partial charge in [0.2, 0.25) is 5.95 Å². The number of methoxy groups -OCH3 is 1. The first-order valence-electron chi connectivity index (χ1n) is 10.8. The molecule has 176 valence electrons. The van der Waals surface area contributed by atoms with E-state index in [1.165, 1.54) is 19.4 Å². The SMILES string of the molecule is COc1cc2ncc(-c3cc(F)nc(N4CC5(CC(O)C5)C4)c3)n2cc1S(=O)(=O)C(C)(C)C. The van der Waals surface area contributed by atoms with Gasteiger partial charge in [0.1, 0.15) is 22.1 Å². The molecule has 10 heteroatoms. The first-order chi connectivity index (χ1) is 15.4. The van der Waals surface area contributed by atoms with Crippen LogP contribution < -0.4 is 9.64 Å². The smallest absolute Gasteiger partial charge is 0.215 e. The predicted molar refractivity (Wildman–Crippen MR) is 122 cm³/mol. The highest BCUT2D eigenvalue weighted by atomic mass is 32.2. The molecule has 3 aromatic rings. The zero-order valence-corrected chi connectivity index (χ0v) is 19.9. The Balaban J connectivity index is 1.57. The Kier molecular flexibility index (Phi) is 4.78. The molecule has 3 aromatic heterocycles. The molecule has 1 spiro atoms. The second kappa shape index (κ2) is 7.14. The van der Waals surface area contributed by atoms with Crippen LogP contribution in [0.3, 0.4) is 0 Å². The third-order valence-corrected chi connectivity index (χ3v) is 9.18. The molecule has 33 heavy (non-hydrogen) atoms. The van der Waals surface area contributed by atoms with Gasteiger partial charge in [-0.2, -0.15) is 4.39 Å². The van der Waals surface area contributed by atoms with Gasteiger partial charge >= 0.3 is 0 Å². The molecule has 0 aromatic carbocycles. The summed E-state index contributed by atoms with van der Waals surface area (Å²) in [6.45, 7) is 6.36. The Labute approximate surface area is 192 Å². The van der Waals surface area contributed by atoms with E-state index in [4.69, 9.17) is 4.74 Å². The molecule has 1 saturated heterocycles. The number of aliphatic hydroxyl groups is 1. The number of aromatic nitrogens is 3. The molecule has 0 amide bonds. The van der Waals surface area contributed by atoms with E-state index in [0.29, 0.717) is 22.7 Å². The molecule has 0 unspecified atom stereocenters. The van der Waals surface area contributed by atoms with Crippen molar-refractivity contribution in [3.63, 3.8) is 0 Å². The minimum Gasteiger partial charge on any atom is -0.495 e. The van der Waals surface area contributed by atoms with Crippen molar-refractivity contribution in [3.8, 4) is 17.0 Å². The van der Waals surface area contributed by atoms with E-state index in [-0.39, 0.29) is 22.2 Å². The third kappa shape index (κ3) is 3.47. The van der Waals surface area contributed by atoms with Crippen molar-refractivity contribution < 1.29 is 22.7 Å². The summed E-state index contributed by atoms with van der Waals surface area (Å²) < 4.78 is 46.9. The summed E-state index contributed by atoms with van der Waals surface area (Å²) in [7, 11) is -2.30. The van der Waals surface area contributed by atoms with Gasteiger partial charge < -0.3 is 14.7 Å². The number of hydrogen-bond acceptors (Lipinski definition) is 7. The van der Waals surface area contributed by atoms with Gasteiger partial charge in [-0.25, -0.2) is 18.4 Å². The van der Waals surface area contributed by atoms with E-state index in [1.54, 1.807) is 43.5 Å². The molecule has 5 rings (SSSR count). The number of rotatable bonds is 4. The first kappa shape index (κ1) is 22.1. The van der Waals surface area contributed by atoms with Gasteiger partial charge in [-0.05, 0) is 39.7 Å². The highest BCUT2D eigenvalue weighted by Crippen LogP contribution is 2.49. The van der Waals surface area contributed by atoms with Crippen molar-refractivity contribution in [2.45, 2.75) is 49.4 Å².